The number of amides is 2. The van der Waals surface area contributed by atoms with Crippen LogP contribution in [0, 0.1) is 20.8 Å². The van der Waals surface area contributed by atoms with Gasteiger partial charge in [-0.25, -0.2) is 4.68 Å². The number of hydrogen-bond acceptors (Lipinski definition) is 4. The van der Waals surface area contributed by atoms with Gasteiger partial charge in [0.25, 0.3) is 5.91 Å². The van der Waals surface area contributed by atoms with E-state index in [4.69, 9.17) is 0 Å². The molecule has 3 aromatic carbocycles. The second kappa shape index (κ2) is 9.65. The molecule has 0 saturated carbocycles. The molecular formula is C26H27N5O2. The van der Waals surface area contributed by atoms with Gasteiger partial charge in [-0.2, -0.15) is 0 Å². The highest BCUT2D eigenvalue weighted by Crippen LogP contribution is 2.15. The lowest BCUT2D eigenvalue weighted by Crippen LogP contribution is -2.22. The van der Waals surface area contributed by atoms with Crippen molar-refractivity contribution >= 4 is 28.5 Å². The van der Waals surface area contributed by atoms with E-state index in [1.165, 1.54) is 11.1 Å². The van der Waals surface area contributed by atoms with Crippen molar-refractivity contribution in [1.82, 2.24) is 20.3 Å². The fourth-order valence-corrected chi connectivity index (χ4v) is 3.54. The van der Waals surface area contributed by atoms with Crippen molar-refractivity contribution in [3.05, 3.63) is 88.5 Å². The Bertz CT molecular complexity index is 1310. The summed E-state index contributed by atoms with van der Waals surface area (Å²) in [4.78, 5) is 24.9. The molecule has 0 unspecified atom stereocenters. The maximum atomic E-state index is 12.6. The normalized spacial score (nSPS) is 10.9. The molecule has 0 saturated heterocycles. The zero-order chi connectivity index (χ0) is 23.4. The summed E-state index contributed by atoms with van der Waals surface area (Å²) in [6.07, 6.45) is 0.268. The van der Waals surface area contributed by atoms with Crippen molar-refractivity contribution < 1.29 is 9.59 Å². The number of carbonyl (C=O) groups excluding carboxylic acids is 2. The van der Waals surface area contributed by atoms with E-state index in [9.17, 15) is 9.59 Å². The fourth-order valence-electron chi connectivity index (χ4n) is 3.54. The van der Waals surface area contributed by atoms with Crippen LogP contribution in [0.3, 0.4) is 0 Å². The molecule has 2 amide bonds. The summed E-state index contributed by atoms with van der Waals surface area (Å²) in [7, 11) is 0. The van der Waals surface area contributed by atoms with Gasteiger partial charge in [0.1, 0.15) is 5.52 Å². The standard InChI is InChI=1S/C26H27N5O2/c1-17-4-9-22(10-5-17)28-25(32)12-13-31-24-11-8-21(15-23(24)29-30-31)26(33)27-16-20-7-6-18(2)19(3)14-20/h4-11,14-15H,12-13,16H2,1-3H3,(H,27,33)(H,28,32). The van der Waals surface area contributed by atoms with Gasteiger partial charge < -0.3 is 10.6 Å². The van der Waals surface area contributed by atoms with Crippen molar-refractivity contribution in [1.29, 1.82) is 0 Å². The number of rotatable bonds is 7. The summed E-state index contributed by atoms with van der Waals surface area (Å²) in [5.41, 5.74) is 7.32. The average Bonchev–Trinajstić information content (AvgIpc) is 3.22. The topological polar surface area (TPSA) is 88.9 Å². The smallest absolute Gasteiger partial charge is 0.251 e. The number of anilines is 1. The molecule has 0 bridgehead atoms. The fraction of sp³-hybridized carbons (Fsp3) is 0.231. The molecule has 1 heterocycles. The zero-order valence-corrected chi connectivity index (χ0v) is 19.1. The maximum Gasteiger partial charge on any atom is 0.251 e. The molecule has 168 valence electrons. The minimum absolute atomic E-state index is 0.0927. The molecule has 0 aliphatic carbocycles. The van der Waals surface area contributed by atoms with E-state index < -0.39 is 0 Å². The van der Waals surface area contributed by atoms with Gasteiger partial charge >= 0.3 is 0 Å². The molecule has 7 heteroatoms. The lowest BCUT2D eigenvalue weighted by Gasteiger charge is -2.08. The first kappa shape index (κ1) is 22.2. The van der Waals surface area contributed by atoms with Crippen LogP contribution in [-0.2, 0) is 17.9 Å². The van der Waals surface area contributed by atoms with E-state index in [0.717, 1.165) is 22.3 Å². The van der Waals surface area contributed by atoms with Crippen LogP contribution in [0.1, 0.15) is 39.0 Å². The number of hydrogen-bond donors (Lipinski definition) is 2. The highest BCUT2D eigenvalue weighted by molar-refractivity contribution is 5.97. The van der Waals surface area contributed by atoms with Gasteiger partial charge in [-0.05, 0) is 67.8 Å². The number of aryl methyl sites for hydroxylation is 4. The summed E-state index contributed by atoms with van der Waals surface area (Å²) in [6, 6.07) is 19.1. The minimum atomic E-state index is -0.165. The molecule has 0 aliphatic heterocycles. The number of nitrogens with zero attached hydrogens (tertiary/aromatic N) is 3. The van der Waals surface area contributed by atoms with Crippen molar-refractivity contribution in [2.24, 2.45) is 0 Å². The molecule has 4 aromatic rings. The van der Waals surface area contributed by atoms with Crippen LogP contribution in [0.25, 0.3) is 11.0 Å². The van der Waals surface area contributed by atoms with E-state index in [0.29, 0.717) is 24.2 Å². The third kappa shape index (κ3) is 5.44. The van der Waals surface area contributed by atoms with Crippen LogP contribution < -0.4 is 10.6 Å². The molecule has 7 nitrogen and oxygen atoms in total. The summed E-state index contributed by atoms with van der Waals surface area (Å²) in [5.74, 6) is -0.257. The monoisotopic (exact) mass is 441 g/mol. The Hall–Kier alpha value is -4.00. The molecule has 2 N–H and O–H groups in total. The minimum Gasteiger partial charge on any atom is -0.348 e. The Labute approximate surface area is 192 Å². The third-order valence-corrected chi connectivity index (χ3v) is 5.69. The van der Waals surface area contributed by atoms with E-state index >= 15 is 0 Å². The Kier molecular flexibility index (Phi) is 6.49. The van der Waals surface area contributed by atoms with Crippen LogP contribution in [0.5, 0.6) is 0 Å². The number of carbonyl (C=O) groups is 2. The number of benzene rings is 3. The van der Waals surface area contributed by atoms with Gasteiger partial charge in [0.15, 0.2) is 0 Å². The maximum absolute atomic E-state index is 12.6. The van der Waals surface area contributed by atoms with E-state index in [2.05, 4.69) is 46.9 Å². The highest BCUT2D eigenvalue weighted by Gasteiger charge is 2.12. The van der Waals surface area contributed by atoms with Crippen LogP contribution in [0.2, 0.25) is 0 Å². The summed E-state index contributed by atoms with van der Waals surface area (Å²) >= 11 is 0. The van der Waals surface area contributed by atoms with Gasteiger partial charge in [0.2, 0.25) is 5.91 Å². The van der Waals surface area contributed by atoms with Crippen LogP contribution in [0.4, 0.5) is 5.69 Å². The van der Waals surface area contributed by atoms with Crippen molar-refractivity contribution in [2.45, 2.75) is 40.3 Å². The number of fused-ring (bicyclic) bond motifs is 1. The lowest BCUT2D eigenvalue weighted by atomic mass is 10.1. The molecular weight excluding hydrogens is 414 g/mol. The van der Waals surface area contributed by atoms with Crippen molar-refractivity contribution in [3.63, 3.8) is 0 Å². The summed E-state index contributed by atoms with van der Waals surface area (Å²) in [5, 5.41) is 14.2. The van der Waals surface area contributed by atoms with E-state index in [1.807, 2.05) is 43.3 Å². The molecule has 33 heavy (non-hydrogen) atoms. The Morgan fingerprint density at radius 3 is 2.45 bits per heavy atom. The molecule has 0 radical (unpaired) electrons. The van der Waals surface area contributed by atoms with Gasteiger partial charge in [-0.3, -0.25) is 9.59 Å². The van der Waals surface area contributed by atoms with Crippen molar-refractivity contribution in [2.75, 3.05) is 5.32 Å². The molecule has 1 aromatic heterocycles. The third-order valence-electron chi connectivity index (χ3n) is 5.69. The van der Waals surface area contributed by atoms with Gasteiger partial charge in [-0.1, -0.05) is 41.1 Å². The van der Waals surface area contributed by atoms with Crippen LogP contribution in [0.15, 0.2) is 60.7 Å². The largest absolute Gasteiger partial charge is 0.348 e. The van der Waals surface area contributed by atoms with Gasteiger partial charge in [0, 0.05) is 24.2 Å². The predicted molar refractivity (Wildman–Crippen MR) is 129 cm³/mol. The summed E-state index contributed by atoms with van der Waals surface area (Å²) in [6.45, 7) is 6.98. The molecule has 0 aliphatic rings. The second-order valence-electron chi connectivity index (χ2n) is 8.28. The number of aromatic nitrogens is 3. The van der Waals surface area contributed by atoms with Crippen LogP contribution >= 0.6 is 0 Å². The van der Waals surface area contributed by atoms with E-state index in [-0.39, 0.29) is 18.2 Å². The molecule has 0 spiro atoms. The van der Waals surface area contributed by atoms with Crippen molar-refractivity contribution in [3.8, 4) is 0 Å². The first-order chi connectivity index (χ1) is 15.9. The average molecular weight is 442 g/mol. The first-order valence-electron chi connectivity index (χ1n) is 10.9. The van der Waals surface area contributed by atoms with Gasteiger partial charge in [-0.15, -0.1) is 5.10 Å². The lowest BCUT2D eigenvalue weighted by molar-refractivity contribution is -0.116. The quantitative estimate of drug-likeness (QED) is 0.447. The van der Waals surface area contributed by atoms with Gasteiger partial charge in [0.05, 0.1) is 12.1 Å². The summed E-state index contributed by atoms with van der Waals surface area (Å²) < 4.78 is 1.68. The number of nitrogens with one attached hydrogen (secondary N) is 2. The zero-order valence-electron chi connectivity index (χ0n) is 19.1. The Balaban J connectivity index is 1.36. The molecule has 0 fully saturated rings. The molecule has 4 rings (SSSR count). The second-order valence-corrected chi connectivity index (χ2v) is 8.28. The Morgan fingerprint density at radius 2 is 1.70 bits per heavy atom. The SMILES string of the molecule is Cc1ccc(NC(=O)CCn2nnc3cc(C(=O)NCc4ccc(C)c(C)c4)ccc32)cc1. The highest BCUT2D eigenvalue weighted by atomic mass is 16.2. The first-order valence-corrected chi connectivity index (χ1v) is 10.9. The molecule has 0 atom stereocenters. The van der Waals surface area contributed by atoms with Crippen LogP contribution in [-0.4, -0.2) is 26.8 Å². The van der Waals surface area contributed by atoms with E-state index in [1.54, 1.807) is 16.8 Å². The predicted octanol–water partition coefficient (Wildman–Crippen LogP) is 4.32. The Morgan fingerprint density at radius 1 is 0.909 bits per heavy atom.